The van der Waals surface area contributed by atoms with Crippen LogP contribution in [0.2, 0.25) is 0 Å². The number of hydrogen-bond acceptors (Lipinski definition) is 3. The highest BCUT2D eigenvalue weighted by Crippen LogP contribution is 2.17. The van der Waals surface area contributed by atoms with Crippen molar-refractivity contribution in [2.24, 2.45) is 0 Å². The molecule has 2 fully saturated rings. The number of rotatable bonds is 2. The normalized spacial score (nSPS) is 30.2. The zero-order chi connectivity index (χ0) is 9.97. The molecule has 0 aliphatic carbocycles. The van der Waals surface area contributed by atoms with Gasteiger partial charge in [0.1, 0.15) is 6.61 Å². The van der Waals surface area contributed by atoms with E-state index in [-0.39, 0.29) is 12.1 Å². The Kier molecular flexibility index (Phi) is 2.91. The van der Waals surface area contributed by atoms with Gasteiger partial charge in [0.2, 0.25) is 0 Å². The minimum absolute atomic E-state index is 0.148. The molecule has 80 valence electrons. The van der Waals surface area contributed by atoms with Gasteiger partial charge in [0.05, 0.1) is 6.54 Å². The number of cyclic esters (lactones) is 1. The van der Waals surface area contributed by atoms with Crippen LogP contribution in [0.4, 0.5) is 4.79 Å². The van der Waals surface area contributed by atoms with Crippen LogP contribution in [0.25, 0.3) is 0 Å². The highest BCUT2D eigenvalue weighted by Gasteiger charge is 2.32. The summed E-state index contributed by atoms with van der Waals surface area (Å²) >= 11 is 0. The van der Waals surface area contributed by atoms with Crippen LogP contribution in [0, 0.1) is 0 Å². The predicted molar refractivity (Wildman–Crippen MR) is 53.2 cm³/mol. The fraction of sp³-hybridized carbons (Fsp3) is 0.900. The molecule has 1 N–H and O–H groups in total. The van der Waals surface area contributed by atoms with Crippen LogP contribution in [0.3, 0.4) is 0 Å². The topological polar surface area (TPSA) is 41.6 Å². The molecule has 0 bridgehead atoms. The number of carbonyl (C=O) groups is 1. The van der Waals surface area contributed by atoms with Crippen molar-refractivity contribution in [3.63, 3.8) is 0 Å². The Hall–Kier alpha value is -0.770. The van der Waals surface area contributed by atoms with E-state index in [9.17, 15) is 4.79 Å². The lowest BCUT2D eigenvalue weighted by Gasteiger charge is -2.33. The first-order valence-corrected chi connectivity index (χ1v) is 5.46. The van der Waals surface area contributed by atoms with Crippen LogP contribution >= 0.6 is 0 Å². The molecule has 2 unspecified atom stereocenters. The van der Waals surface area contributed by atoms with E-state index in [4.69, 9.17) is 4.74 Å². The molecular formula is C10H18N2O2. The first kappa shape index (κ1) is 9.77. The lowest BCUT2D eigenvalue weighted by molar-refractivity contribution is 0.138. The van der Waals surface area contributed by atoms with Crippen molar-refractivity contribution < 1.29 is 9.53 Å². The highest BCUT2D eigenvalue weighted by molar-refractivity contribution is 5.69. The number of hydrogen-bond donors (Lipinski definition) is 1. The van der Waals surface area contributed by atoms with E-state index in [0.717, 1.165) is 13.1 Å². The molecule has 0 saturated carbocycles. The highest BCUT2D eigenvalue weighted by atomic mass is 16.6. The summed E-state index contributed by atoms with van der Waals surface area (Å²) in [6, 6.07) is 0.722. The third-order valence-corrected chi connectivity index (χ3v) is 3.21. The molecule has 2 aliphatic heterocycles. The average molecular weight is 198 g/mol. The Balaban J connectivity index is 1.92. The smallest absolute Gasteiger partial charge is 0.410 e. The molecule has 2 rings (SSSR count). The second-order valence-corrected chi connectivity index (χ2v) is 4.10. The fourth-order valence-electron chi connectivity index (χ4n) is 2.28. The molecule has 2 aliphatic rings. The van der Waals surface area contributed by atoms with Crippen molar-refractivity contribution in [3.8, 4) is 0 Å². The number of ether oxygens (including phenoxy) is 1. The van der Waals surface area contributed by atoms with Crippen molar-refractivity contribution in [2.75, 3.05) is 19.7 Å². The number of nitrogens with one attached hydrogen (secondary N) is 1. The maximum Gasteiger partial charge on any atom is 0.410 e. The minimum Gasteiger partial charge on any atom is -0.448 e. The van der Waals surface area contributed by atoms with E-state index >= 15 is 0 Å². The number of amides is 1. The quantitative estimate of drug-likeness (QED) is 0.719. The van der Waals surface area contributed by atoms with Gasteiger partial charge in [-0.25, -0.2) is 4.79 Å². The fourth-order valence-corrected chi connectivity index (χ4v) is 2.28. The molecular weight excluding hydrogens is 180 g/mol. The van der Waals surface area contributed by atoms with Crippen molar-refractivity contribution in [1.29, 1.82) is 0 Å². The second-order valence-electron chi connectivity index (χ2n) is 4.10. The van der Waals surface area contributed by atoms with E-state index in [1.54, 1.807) is 0 Å². The summed E-state index contributed by atoms with van der Waals surface area (Å²) in [5.41, 5.74) is 0. The van der Waals surface area contributed by atoms with Gasteiger partial charge >= 0.3 is 6.09 Å². The predicted octanol–water partition coefficient (Wildman–Crippen LogP) is 0.969. The zero-order valence-electron chi connectivity index (χ0n) is 8.66. The summed E-state index contributed by atoms with van der Waals surface area (Å²) in [6.07, 6.45) is 3.55. The molecule has 4 heteroatoms. The molecule has 2 saturated heterocycles. The van der Waals surface area contributed by atoms with E-state index in [1.165, 1.54) is 19.3 Å². The van der Waals surface area contributed by atoms with Crippen LogP contribution < -0.4 is 5.32 Å². The van der Waals surface area contributed by atoms with Crippen LogP contribution in [-0.2, 0) is 4.74 Å². The first-order chi connectivity index (χ1) is 6.79. The summed E-state index contributed by atoms with van der Waals surface area (Å²) < 4.78 is 4.94. The first-order valence-electron chi connectivity index (χ1n) is 5.46. The Morgan fingerprint density at radius 1 is 1.57 bits per heavy atom. The van der Waals surface area contributed by atoms with Gasteiger partial charge < -0.3 is 15.0 Å². The number of piperidine rings is 1. The Morgan fingerprint density at radius 2 is 2.43 bits per heavy atom. The van der Waals surface area contributed by atoms with Crippen molar-refractivity contribution in [2.45, 2.75) is 38.3 Å². The zero-order valence-corrected chi connectivity index (χ0v) is 8.66. The molecule has 0 radical (unpaired) electrons. The SMILES string of the molecule is CC(C1CCCCN1)N1CCOC1=O. The van der Waals surface area contributed by atoms with Crippen molar-refractivity contribution in [1.82, 2.24) is 10.2 Å². The van der Waals surface area contributed by atoms with E-state index in [1.807, 2.05) is 4.90 Å². The second kappa shape index (κ2) is 4.17. The Bertz CT molecular complexity index is 214. The van der Waals surface area contributed by atoms with Gasteiger partial charge in [0, 0.05) is 12.1 Å². The summed E-state index contributed by atoms with van der Waals surface area (Å²) in [5, 5.41) is 3.47. The monoisotopic (exact) mass is 198 g/mol. The molecule has 14 heavy (non-hydrogen) atoms. The molecule has 2 heterocycles. The molecule has 0 aromatic rings. The average Bonchev–Trinajstić information content (AvgIpc) is 2.65. The molecule has 1 amide bonds. The van der Waals surface area contributed by atoms with Gasteiger partial charge in [0.15, 0.2) is 0 Å². The summed E-state index contributed by atoms with van der Waals surface area (Å²) in [6.45, 7) is 4.49. The van der Waals surface area contributed by atoms with E-state index in [0.29, 0.717) is 12.6 Å². The number of carbonyl (C=O) groups excluding carboxylic acids is 1. The molecule has 0 aromatic carbocycles. The Labute approximate surface area is 84.6 Å². The van der Waals surface area contributed by atoms with Crippen LogP contribution in [0.15, 0.2) is 0 Å². The summed E-state index contributed by atoms with van der Waals surface area (Å²) in [4.78, 5) is 13.2. The van der Waals surface area contributed by atoms with Crippen molar-refractivity contribution in [3.05, 3.63) is 0 Å². The van der Waals surface area contributed by atoms with Crippen LogP contribution in [0.1, 0.15) is 26.2 Å². The maximum atomic E-state index is 11.3. The van der Waals surface area contributed by atoms with Gasteiger partial charge in [-0.15, -0.1) is 0 Å². The van der Waals surface area contributed by atoms with E-state index < -0.39 is 0 Å². The minimum atomic E-state index is -0.148. The van der Waals surface area contributed by atoms with Gasteiger partial charge in [0.25, 0.3) is 0 Å². The van der Waals surface area contributed by atoms with Crippen LogP contribution in [-0.4, -0.2) is 42.8 Å². The van der Waals surface area contributed by atoms with E-state index in [2.05, 4.69) is 12.2 Å². The van der Waals surface area contributed by atoms with Gasteiger partial charge in [-0.2, -0.15) is 0 Å². The van der Waals surface area contributed by atoms with Gasteiger partial charge in [-0.3, -0.25) is 0 Å². The lowest BCUT2D eigenvalue weighted by atomic mass is 9.98. The standard InChI is InChI=1S/C10H18N2O2/c1-8(9-4-2-3-5-11-9)12-6-7-14-10(12)13/h8-9,11H,2-7H2,1H3. The summed E-state index contributed by atoms with van der Waals surface area (Å²) in [5.74, 6) is 0. The molecule has 0 aromatic heterocycles. The number of nitrogens with zero attached hydrogens (tertiary/aromatic N) is 1. The molecule has 0 spiro atoms. The summed E-state index contributed by atoms with van der Waals surface area (Å²) in [7, 11) is 0. The van der Waals surface area contributed by atoms with Crippen molar-refractivity contribution >= 4 is 6.09 Å². The Morgan fingerprint density at radius 3 is 3.00 bits per heavy atom. The van der Waals surface area contributed by atoms with Crippen LogP contribution in [0.5, 0.6) is 0 Å². The lowest BCUT2D eigenvalue weighted by Crippen LogP contribution is -2.50. The van der Waals surface area contributed by atoms with Gasteiger partial charge in [-0.1, -0.05) is 6.42 Å². The largest absolute Gasteiger partial charge is 0.448 e. The molecule has 4 nitrogen and oxygen atoms in total. The third-order valence-electron chi connectivity index (χ3n) is 3.21. The maximum absolute atomic E-state index is 11.3. The molecule has 2 atom stereocenters. The van der Waals surface area contributed by atoms with Gasteiger partial charge in [-0.05, 0) is 26.3 Å². The third kappa shape index (κ3) is 1.85.